The molecule has 186 valence electrons. The van der Waals surface area contributed by atoms with E-state index in [-0.39, 0.29) is 42.3 Å². The van der Waals surface area contributed by atoms with Crippen molar-refractivity contribution in [2.24, 2.45) is 22.6 Å². The van der Waals surface area contributed by atoms with Gasteiger partial charge in [-0.15, -0.1) is 0 Å². The fourth-order valence-corrected chi connectivity index (χ4v) is 5.83. The van der Waals surface area contributed by atoms with Crippen molar-refractivity contribution in [2.45, 2.75) is 69.7 Å². The molecule has 8 heteroatoms. The van der Waals surface area contributed by atoms with Crippen LogP contribution in [0.25, 0.3) is 0 Å². The van der Waals surface area contributed by atoms with Gasteiger partial charge in [0.15, 0.2) is 5.96 Å². The minimum Gasteiger partial charge on any atom is -0.490 e. The highest BCUT2D eigenvalue weighted by Crippen LogP contribution is 2.45. The van der Waals surface area contributed by atoms with E-state index >= 15 is 0 Å². The maximum atomic E-state index is 13.3. The van der Waals surface area contributed by atoms with E-state index in [1.807, 2.05) is 56.3 Å². The molecule has 2 aliphatic heterocycles. The van der Waals surface area contributed by atoms with Crippen molar-refractivity contribution in [3.63, 3.8) is 0 Å². The van der Waals surface area contributed by atoms with Crippen molar-refractivity contribution in [3.8, 4) is 5.75 Å². The normalized spacial score (nSPS) is 32.9. The van der Waals surface area contributed by atoms with Crippen molar-refractivity contribution >= 4 is 17.8 Å². The maximum absolute atomic E-state index is 13.3. The van der Waals surface area contributed by atoms with Gasteiger partial charge in [0.2, 0.25) is 5.91 Å². The summed E-state index contributed by atoms with van der Waals surface area (Å²) in [4.78, 5) is 32.8. The van der Waals surface area contributed by atoms with Gasteiger partial charge in [0.25, 0.3) is 5.91 Å². The zero-order valence-corrected chi connectivity index (χ0v) is 20.5. The molecule has 1 aromatic carbocycles. The molecule has 0 radical (unpaired) electrons. The second kappa shape index (κ2) is 8.52. The lowest BCUT2D eigenvalue weighted by atomic mass is 9.65. The molecule has 5 rings (SSSR count). The van der Waals surface area contributed by atoms with Crippen LogP contribution in [-0.2, 0) is 9.59 Å². The molecule has 35 heavy (non-hydrogen) atoms. The summed E-state index contributed by atoms with van der Waals surface area (Å²) in [5, 5.41) is 14.0. The van der Waals surface area contributed by atoms with Gasteiger partial charge in [0.1, 0.15) is 18.0 Å². The molecule has 0 saturated heterocycles. The van der Waals surface area contributed by atoms with Crippen LogP contribution in [0.2, 0.25) is 0 Å². The number of hydrogen-bond donors (Lipinski definition) is 3. The molecule has 4 aliphatic rings. The lowest BCUT2D eigenvalue weighted by Gasteiger charge is -2.51. The van der Waals surface area contributed by atoms with Crippen LogP contribution in [0.1, 0.15) is 58.1 Å². The number of carbonyl (C=O) groups excluding carboxylic acids is 2. The molecule has 0 spiro atoms. The van der Waals surface area contributed by atoms with Gasteiger partial charge >= 0.3 is 0 Å². The van der Waals surface area contributed by atoms with Crippen LogP contribution >= 0.6 is 0 Å². The number of ether oxygens (including phenoxy) is 1. The van der Waals surface area contributed by atoms with E-state index in [2.05, 4.69) is 5.32 Å². The number of guanidine groups is 1. The third-order valence-electron chi connectivity index (χ3n) is 8.25. The maximum Gasteiger partial charge on any atom is 0.251 e. The van der Waals surface area contributed by atoms with Gasteiger partial charge in [-0.3, -0.25) is 14.5 Å². The topological polar surface area (TPSA) is 117 Å². The highest BCUT2D eigenvalue weighted by Gasteiger charge is 2.49. The van der Waals surface area contributed by atoms with Crippen molar-refractivity contribution in [3.05, 3.63) is 53.6 Å². The Morgan fingerprint density at radius 2 is 2.06 bits per heavy atom. The number of nitrogens with zero attached hydrogens (tertiary/aromatic N) is 2. The van der Waals surface area contributed by atoms with E-state index in [9.17, 15) is 14.7 Å². The van der Waals surface area contributed by atoms with E-state index < -0.39 is 17.2 Å². The summed E-state index contributed by atoms with van der Waals surface area (Å²) in [5.41, 5.74) is 5.92. The predicted octanol–water partition coefficient (Wildman–Crippen LogP) is 2.59. The number of aliphatic hydroxyl groups is 1. The molecule has 1 saturated carbocycles. The number of rotatable bonds is 5. The van der Waals surface area contributed by atoms with Crippen molar-refractivity contribution in [1.29, 1.82) is 0 Å². The van der Waals surface area contributed by atoms with E-state index in [1.54, 1.807) is 11.8 Å². The minimum absolute atomic E-state index is 0.00307. The van der Waals surface area contributed by atoms with Crippen LogP contribution in [0, 0.1) is 11.8 Å². The molecule has 0 aromatic heterocycles. The lowest BCUT2D eigenvalue weighted by molar-refractivity contribution is -0.134. The number of fused-ring (bicyclic) bond motifs is 2. The number of carbonyl (C=O) groups is 2. The molecule has 2 heterocycles. The fraction of sp³-hybridized carbons (Fsp3) is 0.519. The number of hydrogen-bond acceptors (Lipinski definition) is 6. The highest BCUT2D eigenvalue weighted by atomic mass is 16.5. The summed E-state index contributed by atoms with van der Waals surface area (Å²) in [6, 6.07) is 6.70. The van der Waals surface area contributed by atoms with Crippen LogP contribution in [0.3, 0.4) is 0 Å². The molecule has 2 amide bonds. The average Bonchev–Trinajstić information content (AvgIpc) is 2.83. The Morgan fingerprint density at radius 3 is 2.77 bits per heavy atom. The Hall–Kier alpha value is -3.13. The summed E-state index contributed by atoms with van der Waals surface area (Å²) in [6.07, 6.45) is 8.51. The van der Waals surface area contributed by atoms with Gasteiger partial charge in [-0.25, -0.2) is 4.99 Å². The second-order valence-corrected chi connectivity index (χ2v) is 10.5. The summed E-state index contributed by atoms with van der Waals surface area (Å²) in [6.45, 7) is 5.82. The quantitative estimate of drug-likeness (QED) is 0.601. The van der Waals surface area contributed by atoms with E-state index in [0.717, 1.165) is 24.8 Å². The second-order valence-electron chi connectivity index (χ2n) is 10.5. The van der Waals surface area contributed by atoms with Gasteiger partial charge in [-0.1, -0.05) is 50.3 Å². The number of nitrogens with two attached hydrogens (primary N) is 1. The lowest BCUT2D eigenvalue weighted by Crippen LogP contribution is -2.62. The number of aliphatic imine (C=N–C) groups is 1. The summed E-state index contributed by atoms with van der Waals surface area (Å²) in [5.74, 6) is 0.940. The Kier molecular flexibility index (Phi) is 5.74. The molecule has 2 aliphatic carbocycles. The molecule has 3 unspecified atom stereocenters. The van der Waals surface area contributed by atoms with Gasteiger partial charge in [0.05, 0.1) is 18.0 Å². The molecule has 1 fully saturated rings. The van der Waals surface area contributed by atoms with Gasteiger partial charge < -0.3 is 20.9 Å². The first-order valence-corrected chi connectivity index (χ1v) is 12.5. The third kappa shape index (κ3) is 3.93. The molecule has 8 nitrogen and oxygen atoms in total. The van der Waals surface area contributed by atoms with Crippen molar-refractivity contribution < 1.29 is 19.4 Å². The van der Waals surface area contributed by atoms with Crippen LogP contribution in [0.5, 0.6) is 5.75 Å². The predicted molar refractivity (Wildman–Crippen MR) is 132 cm³/mol. The zero-order chi connectivity index (χ0) is 25.0. The molecule has 0 bridgehead atoms. The Bertz CT molecular complexity index is 1130. The van der Waals surface area contributed by atoms with Gasteiger partial charge in [-0.2, -0.15) is 0 Å². The molecule has 4 N–H and O–H groups in total. The van der Waals surface area contributed by atoms with E-state index in [0.29, 0.717) is 17.7 Å². The Labute approximate surface area is 205 Å². The average molecular weight is 479 g/mol. The first-order chi connectivity index (χ1) is 16.7. The molecular weight excluding hydrogens is 444 g/mol. The summed E-state index contributed by atoms with van der Waals surface area (Å²) >= 11 is 0. The van der Waals surface area contributed by atoms with E-state index in [4.69, 9.17) is 15.5 Å². The molecule has 1 aromatic rings. The first-order valence-electron chi connectivity index (χ1n) is 12.5. The number of amides is 2. The monoisotopic (exact) mass is 478 g/mol. The van der Waals surface area contributed by atoms with Crippen LogP contribution in [0.4, 0.5) is 0 Å². The van der Waals surface area contributed by atoms with E-state index in [1.165, 1.54) is 0 Å². The van der Waals surface area contributed by atoms with Crippen LogP contribution in [0.15, 0.2) is 53.1 Å². The number of para-hydroxylation sites is 1. The Morgan fingerprint density at radius 1 is 1.31 bits per heavy atom. The van der Waals surface area contributed by atoms with Crippen LogP contribution in [-0.4, -0.2) is 51.6 Å². The number of nitrogens with one attached hydrogen (secondary N) is 1. The Balaban J connectivity index is 1.35. The smallest absolute Gasteiger partial charge is 0.251 e. The highest BCUT2D eigenvalue weighted by molar-refractivity contribution is 6.00. The molecule has 5 atom stereocenters. The third-order valence-corrected chi connectivity index (χ3v) is 8.25. The number of benzene rings is 1. The number of allylic oxidation sites excluding steroid dienone is 1. The first kappa shape index (κ1) is 23.6. The minimum atomic E-state index is -1.25. The largest absolute Gasteiger partial charge is 0.490 e. The summed E-state index contributed by atoms with van der Waals surface area (Å²) in [7, 11) is 0. The summed E-state index contributed by atoms with van der Waals surface area (Å²) < 4.78 is 5.68. The SMILES string of the molecule is CCC1(CC)CC(=O)N(C2CC3C=CC(C(=O)N[C@@H]4c5ccccc5OC[C@@]4(C)O)=CC32)C(N)=N1. The van der Waals surface area contributed by atoms with Gasteiger partial charge in [0, 0.05) is 23.1 Å². The van der Waals surface area contributed by atoms with Crippen LogP contribution < -0.4 is 15.8 Å². The fourth-order valence-electron chi connectivity index (χ4n) is 5.83. The van der Waals surface area contributed by atoms with Crippen molar-refractivity contribution in [1.82, 2.24) is 10.2 Å². The zero-order valence-electron chi connectivity index (χ0n) is 20.5. The molecular formula is C27H34N4O4. The van der Waals surface area contributed by atoms with Gasteiger partial charge in [-0.05, 0) is 38.2 Å². The van der Waals surface area contributed by atoms with Crippen molar-refractivity contribution in [2.75, 3.05) is 6.61 Å². The standard InChI is InChI=1S/C27H34N4O4/c1-4-27(5-2)14-22(32)31(25(28)30-27)20-13-16-10-11-17(12-19(16)20)24(33)29-23-18-8-6-7-9-21(18)35-15-26(23,3)34/h6-12,16,19-20,23,34H,4-5,13-15H2,1-3H3,(H2,28,30)(H,29,33)/t16?,19?,20?,23-,26-/m1/s1.